The van der Waals surface area contributed by atoms with E-state index in [2.05, 4.69) is 5.32 Å². The number of hydrogen-bond acceptors (Lipinski definition) is 7. The Kier molecular flexibility index (Phi) is 4.51. The molecule has 30 heavy (non-hydrogen) atoms. The predicted molar refractivity (Wildman–Crippen MR) is 108 cm³/mol. The number of non-ortho nitro benzene ring substituents is 2. The highest BCUT2D eigenvalue weighted by atomic mass is 16.6. The number of amides is 1. The first kappa shape index (κ1) is 18.9. The van der Waals surface area contributed by atoms with E-state index in [1.54, 1.807) is 12.1 Å². The minimum Gasteiger partial charge on any atom is -0.495 e. The van der Waals surface area contributed by atoms with Gasteiger partial charge in [0.15, 0.2) is 0 Å². The smallest absolute Gasteiger partial charge is 0.277 e. The third-order valence-electron chi connectivity index (χ3n) is 4.53. The van der Waals surface area contributed by atoms with E-state index >= 15 is 0 Å². The Morgan fingerprint density at radius 2 is 1.60 bits per heavy atom. The lowest BCUT2D eigenvalue weighted by molar-refractivity contribution is -0.394. The lowest BCUT2D eigenvalue weighted by atomic mass is 10.1. The van der Waals surface area contributed by atoms with Crippen LogP contribution in [0.3, 0.4) is 0 Å². The quantitative estimate of drug-likeness (QED) is 0.375. The molecule has 1 aromatic heterocycles. The van der Waals surface area contributed by atoms with Crippen LogP contribution in [0.25, 0.3) is 21.9 Å². The molecule has 0 atom stereocenters. The Hall–Kier alpha value is -4.47. The van der Waals surface area contributed by atoms with E-state index in [-0.39, 0.29) is 11.3 Å². The lowest BCUT2D eigenvalue weighted by Gasteiger charge is -2.10. The van der Waals surface area contributed by atoms with Crippen molar-refractivity contribution in [3.05, 3.63) is 80.4 Å². The van der Waals surface area contributed by atoms with Gasteiger partial charge in [-0.05, 0) is 12.1 Å². The fraction of sp³-hybridized carbons (Fsp3) is 0.0500. The van der Waals surface area contributed by atoms with Gasteiger partial charge in [-0.25, -0.2) is 0 Å². The van der Waals surface area contributed by atoms with Gasteiger partial charge in [-0.1, -0.05) is 18.2 Å². The molecule has 0 radical (unpaired) electrons. The Balaban J connectivity index is 1.76. The van der Waals surface area contributed by atoms with Crippen molar-refractivity contribution in [2.45, 2.75) is 0 Å². The van der Waals surface area contributed by atoms with E-state index in [0.717, 1.165) is 29.0 Å². The van der Waals surface area contributed by atoms with Crippen molar-refractivity contribution in [1.82, 2.24) is 0 Å². The molecule has 0 aliphatic carbocycles. The number of furan rings is 1. The fourth-order valence-corrected chi connectivity index (χ4v) is 3.15. The van der Waals surface area contributed by atoms with Gasteiger partial charge < -0.3 is 14.5 Å². The number of carbonyl (C=O) groups excluding carboxylic acids is 1. The average Bonchev–Trinajstić information content (AvgIpc) is 3.09. The largest absolute Gasteiger partial charge is 0.495 e. The highest BCUT2D eigenvalue weighted by Gasteiger charge is 2.21. The SMILES string of the molecule is COc1cc2c(cc1NC(=O)c1cc([N+](=O)[O-])cc([N+](=O)[O-])c1)oc1ccccc12. The van der Waals surface area contributed by atoms with E-state index < -0.39 is 27.1 Å². The number of methoxy groups -OCH3 is 1. The molecule has 0 fully saturated rings. The second-order valence-electron chi connectivity index (χ2n) is 6.35. The van der Waals surface area contributed by atoms with E-state index in [9.17, 15) is 25.0 Å². The van der Waals surface area contributed by atoms with Crippen LogP contribution < -0.4 is 10.1 Å². The molecule has 1 N–H and O–H groups in total. The van der Waals surface area contributed by atoms with Crippen molar-refractivity contribution < 1.29 is 23.8 Å². The first-order chi connectivity index (χ1) is 14.4. The van der Waals surface area contributed by atoms with Gasteiger partial charge in [0.25, 0.3) is 17.3 Å². The molecule has 0 unspecified atom stereocenters. The number of nitrogens with one attached hydrogen (secondary N) is 1. The van der Waals surface area contributed by atoms with Crippen LogP contribution in [0, 0.1) is 20.2 Å². The van der Waals surface area contributed by atoms with E-state index in [1.165, 1.54) is 7.11 Å². The van der Waals surface area contributed by atoms with Gasteiger partial charge in [-0.2, -0.15) is 0 Å². The lowest BCUT2D eigenvalue weighted by Crippen LogP contribution is -2.13. The zero-order chi connectivity index (χ0) is 21.4. The topological polar surface area (TPSA) is 138 Å². The van der Waals surface area contributed by atoms with Crippen molar-refractivity contribution in [3.63, 3.8) is 0 Å². The summed E-state index contributed by atoms with van der Waals surface area (Å²) in [4.78, 5) is 33.2. The van der Waals surface area contributed by atoms with E-state index in [4.69, 9.17) is 9.15 Å². The Morgan fingerprint density at radius 1 is 0.933 bits per heavy atom. The number of anilines is 1. The van der Waals surface area contributed by atoms with Gasteiger partial charge in [-0.15, -0.1) is 0 Å². The van der Waals surface area contributed by atoms with Crippen LogP contribution in [0.2, 0.25) is 0 Å². The van der Waals surface area contributed by atoms with Gasteiger partial charge in [0.1, 0.15) is 16.9 Å². The normalized spacial score (nSPS) is 10.8. The Bertz CT molecular complexity index is 1310. The average molecular weight is 407 g/mol. The number of para-hydroxylation sites is 1. The number of rotatable bonds is 5. The fourth-order valence-electron chi connectivity index (χ4n) is 3.15. The van der Waals surface area contributed by atoms with Crippen LogP contribution in [-0.4, -0.2) is 22.9 Å². The number of hydrogen-bond donors (Lipinski definition) is 1. The van der Waals surface area contributed by atoms with Crippen molar-refractivity contribution in [3.8, 4) is 5.75 Å². The Labute approximate surface area is 168 Å². The first-order valence-electron chi connectivity index (χ1n) is 8.62. The zero-order valence-electron chi connectivity index (χ0n) is 15.4. The second-order valence-corrected chi connectivity index (χ2v) is 6.35. The summed E-state index contributed by atoms with van der Waals surface area (Å²) >= 11 is 0. The summed E-state index contributed by atoms with van der Waals surface area (Å²) in [5.41, 5.74) is 0.0543. The molecule has 3 aromatic carbocycles. The van der Waals surface area contributed by atoms with Crippen molar-refractivity contribution in [1.29, 1.82) is 0 Å². The van der Waals surface area contributed by atoms with Gasteiger partial charge in [0.2, 0.25) is 0 Å². The molecule has 0 aliphatic heterocycles. The molecular weight excluding hydrogens is 394 g/mol. The Morgan fingerprint density at radius 3 is 2.23 bits per heavy atom. The van der Waals surface area contributed by atoms with Crippen LogP contribution in [-0.2, 0) is 0 Å². The molecule has 10 heteroatoms. The number of nitro benzene ring substituents is 2. The molecule has 1 amide bonds. The highest BCUT2D eigenvalue weighted by Crippen LogP contribution is 2.36. The number of benzene rings is 3. The number of ether oxygens (including phenoxy) is 1. The summed E-state index contributed by atoms with van der Waals surface area (Å²) in [6, 6.07) is 13.4. The minimum atomic E-state index is -0.801. The number of fused-ring (bicyclic) bond motifs is 3. The van der Waals surface area contributed by atoms with Crippen molar-refractivity contribution in [2.24, 2.45) is 0 Å². The summed E-state index contributed by atoms with van der Waals surface area (Å²) in [6.45, 7) is 0. The zero-order valence-corrected chi connectivity index (χ0v) is 15.4. The molecule has 10 nitrogen and oxygen atoms in total. The molecule has 0 saturated heterocycles. The van der Waals surface area contributed by atoms with Crippen LogP contribution in [0.15, 0.2) is 59.0 Å². The molecule has 1 heterocycles. The summed E-state index contributed by atoms with van der Waals surface area (Å²) in [6.07, 6.45) is 0. The monoisotopic (exact) mass is 407 g/mol. The molecule has 150 valence electrons. The van der Waals surface area contributed by atoms with Gasteiger partial charge in [0.05, 0.1) is 34.3 Å². The number of nitro groups is 2. The molecule has 0 saturated carbocycles. The van der Waals surface area contributed by atoms with Crippen LogP contribution >= 0.6 is 0 Å². The molecule has 4 aromatic rings. The number of nitrogens with zero attached hydrogens (tertiary/aromatic N) is 2. The van der Waals surface area contributed by atoms with Crippen molar-refractivity contribution >= 4 is 44.9 Å². The summed E-state index contributed by atoms with van der Waals surface area (Å²) < 4.78 is 11.2. The minimum absolute atomic E-state index is 0.234. The maximum absolute atomic E-state index is 12.7. The number of carbonyl (C=O) groups is 1. The third kappa shape index (κ3) is 3.26. The van der Waals surface area contributed by atoms with Crippen molar-refractivity contribution in [2.75, 3.05) is 12.4 Å². The molecule has 0 aliphatic rings. The maximum atomic E-state index is 12.7. The third-order valence-corrected chi connectivity index (χ3v) is 4.53. The van der Waals surface area contributed by atoms with E-state index in [1.807, 2.05) is 24.3 Å². The second kappa shape index (κ2) is 7.17. The van der Waals surface area contributed by atoms with Gasteiger partial charge in [0, 0.05) is 29.0 Å². The highest BCUT2D eigenvalue weighted by molar-refractivity contribution is 6.10. The maximum Gasteiger partial charge on any atom is 0.277 e. The summed E-state index contributed by atoms with van der Waals surface area (Å²) in [7, 11) is 1.43. The van der Waals surface area contributed by atoms with Gasteiger partial charge in [-0.3, -0.25) is 25.0 Å². The standard InChI is InChI=1S/C20H13N3O7/c1-29-19-9-15-14-4-2-3-5-17(14)30-18(15)10-16(19)21-20(24)11-6-12(22(25)26)8-13(7-11)23(27)28/h2-10H,1H3,(H,21,24). The molecule has 4 rings (SSSR count). The molecule has 0 bridgehead atoms. The van der Waals surface area contributed by atoms with Crippen LogP contribution in [0.4, 0.5) is 17.1 Å². The predicted octanol–water partition coefficient (Wildman–Crippen LogP) is 4.66. The van der Waals surface area contributed by atoms with E-state index in [0.29, 0.717) is 16.9 Å². The summed E-state index contributed by atoms with van der Waals surface area (Å²) in [5, 5.41) is 26.4. The van der Waals surface area contributed by atoms with Crippen LogP contribution in [0.5, 0.6) is 5.75 Å². The summed E-state index contributed by atoms with van der Waals surface area (Å²) in [5.74, 6) is -0.433. The molecular formula is C20H13N3O7. The van der Waals surface area contributed by atoms with Gasteiger partial charge >= 0.3 is 0 Å². The molecule has 0 spiro atoms. The van der Waals surface area contributed by atoms with Crippen LogP contribution in [0.1, 0.15) is 10.4 Å². The first-order valence-corrected chi connectivity index (χ1v) is 8.62.